The summed E-state index contributed by atoms with van der Waals surface area (Å²) in [5.74, 6) is 1.18. The summed E-state index contributed by atoms with van der Waals surface area (Å²) in [7, 11) is 0. The second-order valence-corrected chi connectivity index (χ2v) is 6.96. The molecule has 2 aromatic carbocycles. The lowest BCUT2D eigenvalue weighted by atomic mass is 10.1. The number of rotatable bonds is 5. The number of thiocarbonyl (C=S) groups is 1. The Balaban J connectivity index is 0.000000291. The van der Waals surface area contributed by atoms with Crippen LogP contribution in [0, 0.1) is 34.0 Å². The van der Waals surface area contributed by atoms with Crippen LogP contribution >= 0.6 is 12.2 Å². The van der Waals surface area contributed by atoms with Gasteiger partial charge in [0.05, 0.1) is 47.1 Å². The van der Waals surface area contributed by atoms with Crippen molar-refractivity contribution in [3.63, 3.8) is 0 Å². The minimum atomic E-state index is 0.0375. The van der Waals surface area contributed by atoms with Gasteiger partial charge >= 0.3 is 0 Å². The van der Waals surface area contributed by atoms with E-state index >= 15 is 0 Å². The highest BCUT2D eigenvalue weighted by Crippen LogP contribution is 2.19. The van der Waals surface area contributed by atoms with E-state index in [1.807, 2.05) is 45.9 Å². The van der Waals surface area contributed by atoms with Gasteiger partial charge in [-0.3, -0.25) is 0 Å². The van der Waals surface area contributed by atoms with Crippen molar-refractivity contribution in [3.05, 3.63) is 58.7 Å². The van der Waals surface area contributed by atoms with E-state index in [4.69, 9.17) is 43.2 Å². The van der Waals surface area contributed by atoms with E-state index in [1.165, 1.54) is 6.07 Å². The summed E-state index contributed by atoms with van der Waals surface area (Å²) in [6.07, 6.45) is 0.0913. The molecule has 29 heavy (non-hydrogen) atoms. The van der Waals surface area contributed by atoms with Crippen molar-refractivity contribution in [2.24, 2.45) is 5.73 Å². The van der Waals surface area contributed by atoms with Crippen molar-refractivity contribution in [1.29, 1.82) is 15.8 Å². The molecule has 2 aromatic rings. The Morgan fingerprint density at radius 1 is 0.759 bits per heavy atom. The molecule has 0 amide bonds. The molecule has 0 bridgehead atoms. The molecule has 0 fully saturated rings. The largest absolute Gasteiger partial charge is 0.491 e. The van der Waals surface area contributed by atoms with Gasteiger partial charge in [-0.25, -0.2) is 0 Å². The fourth-order valence-electron chi connectivity index (χ4n) is 2.21. The fourth-order valence-corrected chi connectivity index (χ4v) is 2.33. The van der Waals surface area contributed by atoms with Gasteiger partial charge in [0.25, 0.3) is 0 Å². The van der Waals surface area contributed by atoms with E-state index in [0.717, 1.165) is 0 Å². The molecule has 0 heterocycles. The zero-order chi connectivity index (χ0) is 22.0. The Morgan fingerprint density at radius 3 is 1.48 bits per heavy atom. The van der Waals surface area contributed by atoms with Gasteiger partial charge in [-0.2, -0.15) is 15.8 Å². The summed E-state index contributed by atoms with van der Waals surface area (Å²) in [6.45, 7) is 7.62. The van der Waals surface area contributed by atoms with Crippen molar-refractivity contribution in [2.75, 3.05) is 0 Å². The van der Waals surface area contributed by atoms with Crippen LogP contribution in [-0.2, 0) is 0 Å². The Labute approximate surface area is 176 Å². The highest BCUT2D eigenvalue weighted by Gasteiger charge is 2.05. The molecule has 0 spiro atoms. The minimum Gasteiger partial charge on any atom is -0.491 e. The molecule has 0 aliphatic carbocycles. The lowest BCUT2D eigenvalue weighted by molar-refractivity contribution is 0.242. The molecule has 2 N–H and O–H groups in total. The van der Waals surface area contributed by atoms with Gasteiger partial charge in [0.1, 0.15) is 16.5 Å². The van der Waals surface area contributed by atoms with Gasteiger partial charge in [0.15, 0.2) is 0 Å². The zero-order valence-corrected chi connectivity index (χ0v) is 17.6. The smallest absolute Gasteiger partial charge is 0.122 e. The molecule has 148 valence electrons. The molecule has 0 aromatic heterocycles. The maximum absolute atomic E-state index is 8.81. The summed E-state index contributed by atoms with van der Waals surface area (Å²) >= 11 is 4.86. The van der Waals surface area contributed by atoms with Crippen LogP contribution in [0.25, 0.3) is 0 Å². The first-order chi connectivity index (χ1) is 13.7. The summed E-state index contributed by atoms with van der Waals surface area (Å²) in [5, 5.41) is 26.2. The van der Waals surface area contributed by atoms with Gasteiger partial charge in [-0.05, 0) is 64.1 Å². The SMILES string of the molecule is CC(C)Oc1cc(C#N)cc(C#N)c1.CC(C)Oc1cc(C#N)cc(C(N)=S)c1. The van der Waals surface area contributed by atoms with E-state index in [0.29, 0.717) is 33.8 Å². The first kappa shape index (κ1) is 23.4. The monoisotopic (exact) mass is 406 g/mol. The molecule has 2 rings (SSSR count). The minimum absolute atomic E-state index is 0.0375. The van der Waals surface area contributed by atoms with Crippen molar-refractivity contribution in [3.8, 4) is 29.7 Å². The van der Waals surface area contributed by atoms with E-state index in [-0.39, 0.29) is 17.2 Å². The Hall–Kier alpha value is -3.60. The molecule has 0 unspecified atom stereocenters. The van der Waals surface area contributed by atoms with Crippen LogP contribution < -0.4 is 15.2 Å². The third-order valence-corrected chi connectivity index (χ3v) is 3.46. The average molecular weight is 407 g/mol. The summed E-state index contributed by atoms with van der Waals surface area (Å²) in [6, 6.07) is 15.9. The topological polar surface area (TPSA) is 116 Å². The summed E-state index contributed by atoms with van der Waals surface area (Å²) in [5.41, 5.74) is 7.54. The predicted molar refractivity (Wildman–Crippen MR) is 114 cm³/mol. The molecule has 7 heteroatoms. The molecule has 0 atom stereocenters. The second kappa shape index (κ2) is 11.3. The van der Waals surface area contributed by atoms with Gasteiger partial charge < -0.3 is 15.2 Å². The van der Waals surface area contributed by atoms with Crippen LogP contribution in [0.3, 0.4) is 0 Å². The van der Waals surface area contributed by atoms with Gasteiger partial charge in [0.2, 0.25) is 0 Å². The number of nitrogens with two attached hydrogens (primary N) is 1. The van der Waals surface area contributed by atoms with E-state index < -0.39 is 0 Å². The number of hydrogen-bond acceptors (Lipinski definition) is 6. The maximum atomic E-state index is 8.81. The van der Waals surface area contributed by atoms with E-state index in [9.17, 15) is 0 Å². The van der Waals surface area contributed by atoms with Crippen LogP contribution in [0.4, 0.5) is 0 Å². The Kier molecular flexibility index (Phi) is 9.13. The van der Waals surface area contributed by atoms with Gasteiger partial charge in [-0.1, -0.05) is 12.2 Å². The second-order valence-electron chi connectivity index (χ2n) is 6.53. The molecular weight excluding hydrogens is 384 g/mol. The molecule has 0 saturated carbocycles. The average Bonchev–Trinajstić information content (AvgIpc) is 2.66. The Bertz CT molecular complexity index is 963. The first-order valence-corrected chi connectivity index (χ1v) is 9.23. The summed E-state index contributed by atoms with van der Waals surface area (Å²) < 4.78 is 10.9. The fraction of sp³-hybridized carbons (Fsp3) is 0.273. The Morgan fingerprint density at radius 2 is 1.14 bits per heavy atom. The van der Waals surface area contributed by atoms with Crippen LogP contribution in [0.1, 0.15) is 49.9 Å². The number of nitrogens with zero attached hydrogens (tertiary/aromatic N) is 3. The molecule has 0 aliphatic rings. The number of ether oxygens (including phenoxy) is 2. The standard InChI is InChI=1S/C11H12N2OS.C11H10N2O/c1-7(2)14-10-4-8(6-12)3-9(5-10)11(13)15;1-8(2)14-11-4-9(6-12)3-10(5-11)7-13/h3-5,7H,1-2H3,(H2,13,15);3-5,8H,1-2H3. The highest BCUT2D eigenvalue weighted by atomic mass is 32.1. The lowest BCUT2D eigenvalue weighted by Crippen LogP contribution is -2.11. The van der Waals surface area contributed by atoms with Crippen LogP contribution in [-0.4, -0.2) is 17.2 Å². The predicted octanol–water partition coefficient (Wildman–Crippen LogP) is 4.20. The first-order valence-electron chi connectivity index (χ1n) is 8.82. The number of hydrogen-bond donors (Lipinski definition) is 1. The van der Waals surface area contributed by atoms with Crippen molar-refractivity contribution >= 4 is 17.2 Å². The van der Waals surface area contributed by atoms with Gasteiger partial charge in [0, 0.05) is 5.56 Å². The van der Waals surface area contributed by atoms with Crippen LogP contribution in [0.5, 0.6) is 11.5 Å². The third-order valence-electron chi connectivity index (χ3n) is 3.23. The lowest BCUT2D eigenvalue weighted by Gasteiger charge is -2.11. The molecule has 6 nitrogen and oxygen atoms in total. The van der Waals surface area contributed by atoms with Crippen molar-refractivity contribution in [2.45, 2.75) is 39.9 Å². The zero-order valence-electron chi connectivity index (χ0n) is 16.8. The highest BCUT2D eigenvalue weighted by molar-refractivity contribution is 7.80. The third kappa shape index (κ3) is 8.30. The van der Waals surface area contributed by atoms with Crippen molar-refractivity contribution in [1.82, 2.24) is 0 Å². The van der Waals surface area contributed by atoms with Crippen LogP contribution in [0.15, 0.2) is 36.4 Å². The molecule has 0 aliphatic heterocycles. The molecular formula is C22H22N4O2S. The number of benzene rings is 2. The van der Waals surface area contributed by atoms with E-state index in [1.54, 1.807) is 30.3 Å². The van der Waals surface area contributed by atoms with Gasteiger partial charge in [-0.15, -0.1) is 0 Å². The quantitative estimate of drug-likeness (QED) is 0.740. The molecule has 0 radical (unpaired) electrons. The summed E-state index contributed by atoms with van der Waals surface area (Å²) in [4.78, 5) is 0.265. The van der Waals surface area contributed by atoms with E-state index in [2.05, 4.69) is 0 Å². The van der Waals surface area contributed by atoms with Crippen molar-refractivity contribution < 1.29 is 9.47 Å². The molecule has 0 saturated heterocycles. The maximum Gasteiger partial charge on any atom is 0.122 e. The number of nitriles is 3. The normalized spacial score (nSPS) is 9.48. The van der Waals surface area contributed by atoms with Crippen LogP contribution in [0.2, 0.25) is 0 Å².